The standard InChI is InChI=1S/C21H25NO2S/c1-3-24-20-11-8-17(21(23)22-12-4-5-13-22)14-18(20)15-25-19-9-6-16(2)7-10-19/h6-11,14H,3-5,12-13,15H2,1-2H3. The molecule has 2 aromatic rings. The molecule has 1 aliphatic heterocycles. The molecule has 0 spiro atoms. The number of rotatable bonds is 6. The lowest BCUT2D eigenvalue weighted by Gasteiger charge is -2.17. The minimum absolute atomic E-state index is 0.141. The maximum Gasteiger partial charge on any atom is 0.253 e. The van der Waals surface area contributed by atoms with Crippen LogP contribution < -0.4 is 4.74 Å². The van der Waals surface area contributed by atoms with Crippen LogP contribution in [-0.4, -0.2) is 30.5 Å². The van der Waals surface area contributed by atoms with Crippen molar-refractivity contribution in [1.82, 2.24) is 4.90 Å². The highest BCUT2D eigenvalue weighted by molar-refractivity contribution is 7.98. The van der Waals surface area contributed by atoms with Crippen molar-refractivity contribution in [3.8, 4) is 5.75 Å². The Labute approximate surface area is 154 Å². The summed E-state index contributed by atoms with van der Waals surface area (Å²) in [6.45, 7) is 6.45. The fourth-order valence-corrected chi connectivity index (χ4v) is 3.90. The minimum atomic E-state index is 0.141. The molecular formula is C21H25NO2S. The van der Waals surface area contributed by atoms with Crippen LogP contribution in [-0.2, 0) is 5.75 Å². The van der Waals surface area contributed by atoms with E-state index in [9.17, 15) is 4.79 Å². The van der Waals surface area contributed by atoms with E-state index >= 15 is 0 Å². The number of carbonyl (C=O) groups excluding carboxylic acids is 1. The van der Waals surface area contributed by atoms with E-state index in [0.717, 1.165) is 48.6 Å². The quantitative estimate of drug-likeness (QED) is 0.689. The third-order valence-corrected chi connectivity index (χ3v) is 5.48. The molecule has 0 saturated carbocycles. The topological polar surface area (TPSA) is 29.5 Å². The molecule has 1 aliphatic rings. The first kappa shape index (κ1) is 17.9. The van der Waals surface area contributed by atoms with E-state index in [1.165, 1.54) is 10.5 Å². The van der Waals surface area contributed by atoms with Gasteiger partial charge in [-0.3, -0.25) is 4.79 Å². The molecule has 0 radical (unpaired) electrons. The molecular weight excluding hydrogens is 330 g/mol. The second-order valence-corrected chi connectivity index (χ2v) is 7.41. The van der Waals surface area contributed by atoms with Gasteiger partial charge in [-0.1, -0.05) is 17.7 Å². The number of likely N-dealkylation sites (tertiary alicyclic amines) is 1. The lowest BCUT2D eigenvalue weighted by Crippen LogP contribution is -2.27. The van der Waals surface area contributed by atoms with Gasteiger partial charge in [-0.2, -0.15) is 0 Å². The van der Waals surface area contributed by atoms with E-state index in [-0.39, 0.29) is 5.91 Å². The molecule has 0 aliphatic carbocycles. The third kappa shape index (κ3) is 4.57. The SMILES string of the molecule is CCOc1ccc(C(=O)N2CCCC2)cc1CSc1ccc(C)cc1. The first-order valence-corrected chi connectivity index (χ1v) is 9.90. The fraction of sp³-hybridized carbons (Fsp3) is 0.381. The Balaban J connectivity index is 1.77. The highest BCUT2D eigenvalue weighted by Gasteiger charge is 2.20. The van der Waals surface area contributed by atoms with E-state index in [1.54, 1.807) is 11.8 Å². The molecule has 0 N–H and O–H groups in total. The number of nitrogens with zero attached hydrogens (tertiary/aromatic N) is 1. The minimum Gasteiger partial charge on any atom is -0.494 e. The molecule has 4 heteroatoms. The predicted octanol–water partition coefficient (Wildman–Crippen LogP) is 4.92. The number of ether oxygens (including phenoxy) is 1. The molecule has 132 valence electrons. The fourth-order valence-electron chi connectivity index (χ4n) is 3.02. The smallest absolute Gasteiger partial charge is 0.253 e. The van der Waals surface area contributed by atoms with E-state index < -0.39 is 0 Å². The molecule has 0 unspecified atom stereocenters. The number of carbonyl (C=O) groups is 1. The second-order valence-electron chi connectivity index (χ2n) is 6.36. The third-order valence-electron chi connectivity index (χ3n) is 4.42. The molecule has 1 amide bonds. The van der Waals surface area contributed by atoms with Crippen molar-refractivity contribution in [2.75, 3.05) is 19.7 Å². The van der Waals surface area contributed by atoms with Gasteiger partial charge in [0.2, 0.25) is 0 Å². The summed E-state index contributed by atoms with van der Waals surface area (Å²) in [7, 11) is 0. The van der Waals surface area contributed by atoms with Crippen LogP contribution in [0.15, 0.2) is 47.4 Å². The zero-order valence-electron chi connectivity index (χ0n) is 15.0. The maximum atomic E-state index is 12.7. The Morgan fingerprint density at radius 2 is 1.84 bits per heavy atom. The van der Waals surface area contributed by atoms with Crippen molar-refractivity contribution < 1.29 is 9.53 Å². The van der Waals surface area contributed by atoms with Gasteiger partial charge in [0.15, 0.2) is 0 Å². The zero-order valence-corrected chi connectivity index (χ0v) is 15.8. The van der Waals surface area contributed by atoms with Crippen molar-refractivity contribution in [2.24, 2.45) is 0 Å². The largest absolute Gasteiger partial charge is 0.494 e. The van der Waals surface area contributed by atoms with E-state index in [1.807, 2.05) is 30.0 Å². The van der Waals surface area contributed by atoms with E-state index in [4.69, 9.17) is 4.74 Å². The average molecular weight is 356 g/mol. The number of hydrogen-bond donors (Lipinski definition) is 0. The summed E-state index contributed by atoms with van der Waals surface area (Å²) in [6, 6.07) is 14.4. The Morgan fingerprint density at radius 1 is 1.12 bits per heavy atom. The number of thioether (sulfide) groups is 1. The molecule has 2 aromatic carbocycles. The van der Waals surface area contributed by atoms with Crippen LogP contribution in [0.5, 0.6) is 5.75 Å². The van der Waals surface area contributed by atoms with Crippen molar-refractivity contribution in [2.45, 2.75) is 37.3 Å². The highest BCUT2D eigenvalue weighted by atomic mass is 32.2. The van der Waals surface area contributed by atoms with Gasteiger partial charge in [-0.05, 0) is 57.0 Å². The Bertz CT molecular complexity index is 721. The normalized spacial score (nSPS) is 13.9. The molecule has 25 heavy (non-hydrogen) atoms. The van der Waals surface area contributed by atoms with E-state index in [0.29, 0.717) is 6.61 Å². The summed E-state index contributed by atoms with van der Waals surface area (Å²) < 4.78 is 5.77. The molecule has 0 aromatic heterocycles. The van der Waals surface area contributed by atoms with Gasteiger partial charge >= 0.3 is 0 Å². The second kappa shape index (κ2) is 8.43. The number of aryl methyl sites for hydroxylation is 1. The molecule has 1 fully saturated rings. The van der Waals surface area contributed by atoms with Gasteiger partial charge in [-0.15, -0.1) is 11.8 Å². The maximum absolute atomic E-state index is 12.7. The van der Waals surface area contributed by atoms with Gasteiger partial charge < -0.3 is 9.64 Å². The van der Waals surface area contributed by atoms with Crippen LogP contribution in [0.25, 0.3) is 0 Å². The van der Waals surface area contributed by atoms with E-state index in [2.05, 4.69) is 31.2 Å². The van der Waals surface area contributed by atoms with Gasteiger partial charge in [0.25, 0.3) is 5.91 Å². The van der Waals surface area contributed by atoms with Gasteiger partial charge in [-0.25, -0.2) is 0 Å². The van der Waals surface area contributed by atoms with Crippen molar-refractivity contribution in [1.29, 1.82) is 0 Å². The molecule has 0 atom stereocenters. The number of hydrogen-bond acceptors (Lipinski definition) is 3. The van der Waals surface area contributed by atoms with Gasteiger partial charge in [0.1, 0.15) is 5.75 Å². The van der Waals surface area contributed by atoms with Gasteiger partial charge in [0, 0.05) is 34.9 Å². The molecule has 1 saturated heterocycles. The van der Waals surface area contributed by atoms with Crippen LogP contribution in [0.4, 0.5) is 0 Å². The van der Waals surface area contributed by atoms with Crippen molar-refractivity contribution in [3.63, 3.8) is 0 Å². The summed E-state index contributed by atoms with van der Waals surface area (Å²) in [6.07, 6.45) is 2.22. The Morgan fingerprint density at radius 3 is 2.52 bits per heavy atom. The molecule has 3 rings (SSSR count). The average Bonchev–Trinajstić information content (AvgIpc) is 3.16. The van der Waals surface area contributed by atoms with Crippen molar-refractivity contribution >= 4 is 17.7 Å². The molecule has 1 heterocycles. The zero-order chi connectivity index (χ0) is 17.6. The summed E-state index contributed by atoms with van der Waals surface area (Å²) in [5, 5.41) is 0. The van der Waals surface area contributed by atoms with Crippen LogP contribution in [0.1, 0.15) is 41.3 Å². The van der Waals surface area contributed by atoms with Crippen LogP contribution in [0.2, 0.25) is 0 Å². The van der Waals surface area contributed by atoms with Crippen LogP contribution in [0.3, 0.4) is 0 Å². The summed E-state index contributed by atoms with van der Waals surface area (Å²) in [5.41, 5.74) is 3.11. The monoisotopic (exact) mass is 355 g/mol. The predicted molar refractivity (Wildman–Crippen MR) is 103 cm³/mol. The number of amides is 1. The molecule has 3 nitrogen and oxygen atoms in total. The summed E-state index contributed by atoms with van der Waals surface area (Å²) >= 11 is 1.77. The Hall–Kier alpha value is -1.94. The molecule has 0 bridgehead atoms. The lowest BCUT2D eigenvalue weighted by atomic mass is 10.1. The number of benzene rings is 2. The highest BCUT2D eigenvalue weighted by Crippen LogP contribution is 2.30. The van der Waals surface area contributed by atoms with Crippen LogP contribution >= 0.6 is 11.8 Å². The summed E-state index contributed by atoms with van der Waals surface area (Å²) in [4.78, 5) is 15.8. The van der Waals surface area contributed by atoms with Gasteiger partial charge in [0.05, 0.1) is 6.61 Å². The first-order chi connectivity index (χ1) is 12.2. The summed E-state index contributed by atoms with van der Waals surface area (Å²) in [5.74, 6) is 1.81. The van der Waals surface area contributed by atoms with Crippen molar-refractivity contribution in [3.05, 3.63) is 59.2 Å². The van der Waals surface area contributed by atoms with Crippen LogP contribution in [0, 0.1) is 6.92 Å². The Kier molecular flexibility index (Phi) is 6.03. The first-order valence-electron chi connectivity index (χ1n) is 8.92. The lowest BCUT2D eigenvalue weighted by molar-refractivity contribution is 0.0792.